The van der Waals surface area contributed by atoms with Gasteiger partial charge in [0, 0.05) is 18.8 Å². The normalized spacial score (nSPS) is 15.3. The Hall–Kier alpha value is -0.110. The van der Waals surface area contributed by atoms with E-state index in [1.165, 1.54) is 0 Å². The van der Waals surface area contributed by atoms with Crippen LogP contribution in [0.1, 0.15) is 61.8 Å². The molecule has 0 unspecified atom stereocenters. The zero-order chi connectivity index (χ0) is 23.1. The van der Waals surface area contributed by atoms with Gasteiger partial charge in [-0.05, 0) is 50.0 Å². The first-order valence-electron chi connectivity index (χ1n) is 10.3. The van der Waals surface area contributed by atoms with Gasteiger partial charge in [0.25, 0.3) is 0 Å². The fraction of sp³-hybridized carbons (Fsp3) is 0.950. The zero-order valence-electron chi connectivity index (χ0n) is 19.6. The molecule has 1 fully saturated rings. The summed E-state index contributed by atoms with van der Waals surface area (Å²) in [4.78, 5) is 31.6. The third-order valence-electron chi connectivity index (χ3n) is 3.29. The number of esters is 1. The van der Waals surface area contributed by atoms with Crippen LogP contribution in [0.3, 0.4) is 0 Å². The van der Waals surface area contributed by atoms with Gasteiger partial charge in [-0.2, -0.15) is 0 Å². The first-order chi connectivity index (χ1) is 13.2. The summed E-state index contributed by atoms with van der Waals surface area (Å²) in [6, 6.07) is 0. The van der Waals surface area contributed by atoms with Crippen LogP contribution in [-0.4, -0.2) is 65.9 Å². The summed E-state index contributed by atoms with van der Waals surface area (Å²) in [5.41, 5.74) is -0.606. The molecule has 0 aromatic carbocycles. The van der Waals surface area contributed by atoms with Crippen molar-refractivity contribution < 1.29 is 28.6 Å². The van der Waals surface area contributed by atoms with Crippen LogP contribution >= 0.6 is 18.2 Å². The van der Waals surface area contributed by atoms with Crippen molar-refractivity contribution in [1.29, 1.82) is 0 Å². The molecule has 1 rings (SSSR count). The number of carbonyl (C=O) groups excluding carboxylic acids is 1. The maximum atomic E-state index is 12.0. The van der Waals surface area contributed by atoms with Crippen molar-refractivity contribution in [2.45, 2.75) is 61.8 Å². The van der Waals surface area contributed by atoms with E-state index in [1.54, 1.807) is 0 Å². The van der Waals surface area contributed by atoms with E-state index in [4.69, 9.17) is 19.3 Å². The number of hydrogen-bond donors (Lipinski definition) is 2. The standard InChI is InChI=1S/C12H24NO6PS.2C4H10/c1-12(2,3-4-13-5-7-18-8-6-13)11(14)19-9-10-21-20(15,16)17;2*1-4(2)3/h3-10H2,1-2H3,(H2,15,16,17);2*4H,1-3H3. The third-order valence-corrected chi connectivity index (χ3v) is 5.53. The molecule has 0 aromatic heterocycles. The van der Waals surface area contributed by atoms with Gasteiger partial charge >= 0.3 is 12.8 Å². The van der Waals surface area contributed by atoms with E-state index in [0.717, 1.165) is 44.7 Å². The van der Waals surface area contributed by atoms with E-state index in [0.29, 0.717) is 17.8 Å². The van der Waals surface area contributed by atoms with Gasteiger partial charge in [-0.1, -0.05) is 41.5 Å². The molecule has 29 heavy (non-hydrogen) atoms. The molecule has 0 bridgehead atoms. The molecular formula is C20H44NO6PS. The lowest BCUT2D eigenvalue weighted by atomic mass is 9.89. The molecule has 2 N–H and O–H groups in total. The molecule has 0 atom stereocenters. The fourth-order valence-corrected chi connectivity index (χ4v) is 3.18. The van der Waals surface area contributed by atoms with Gasteiger partial charge in [-0.3, -0.25) is 9.69 Å². The molecule has 0 saturated carbocycles. The van der Waals surface area contributed by atoms with Crippen molar-refractivity contribution in [1.82, 2.24) is 4.90 Å². The number of hydrogen-bond acceptors (Lipinski definition) is 6. The Balaban J connectivity index is 0. The van der Waals surface area contributed by atoms with Crippen LogP contribution in [0.2, 0.25) is 0 Å². The van der Waals surface area contributed by atoms with Crippen LogP contribution in [0, 0.1) is 17.3 Å². The van der Waals surface area contributed by atoms with Crippen molar-refractivity contribution in [3.63, 3.8) is 0 Å². The summed E-state index contributed by atoms with van der Waals surface area (Å²) in [7, 11) is 0. The second kappa shape index (κ2) is 16.6. The van der Waals surface area contributed by atoms with Gasteiger partial charge in [0.2, 0.25) is 0 Å². The summed E-state index contributed by atoms with van der Waals surface area (Å²) in [6.07, 6.45) is 0.678. The minimum absolute atomic E-state index is 0.00952. The summed E-state index contributed by atoms with van der Waals surface area (Å²) in [5.74, 6) is 1.43. The van der Waals surface area contributed by atoms with Crippen LogP contribution < -0.4 is 0 Å². The Morgan fingerprint density at radius 1 is 1.10 bits per heavy atom. The maximum Gasteiger partial charge on any atom is 0.384 e. The first kappa shape index (κ1) is 31.1. The van der Waals surface area contributed by atoms with E-state index < -0.39 is 12.2 Å². The Morgan fingerprint density at radius 3 is 1.97 bits per heavy atom. The van der Waals surface area contributed by atoms with E-state index in [1.807, 2.05) is 13.8 Å². The third kappa shape index (κ3) is 24.0. The van der Waals surface area contributed by atoms with Crippen LogP contribution in [-0.2, 0) is 18.8 Å². The molecular weight excluding hydrogens is 413 g/mol. The Labute approximate surface area is 182 Å². The predicted molar refractivity (Wildman–Crippen MR) is 122 cm³/mol. The molecule has 0 spiro atoms. The first-order valence-corrected chi connectivity index (χ1v) is 13.5. The van der Waals surface area contributed by atoms with Gasteiger partial charge in [0.05, 0.1) is 18.6 Å². The number of rotatable bonds is 8. The molecule has 9 heteroatoms. The van der Waals surface area contributed by atoms with Crippen LogP contribution in [0.15, 0.2) is 0 Å². The Morgan fingerprint density at radius 2 is 1.55 bits per heavy atom. The molecule has 0 aliphatic carbocycles. The lowest BCUT2D eigenvalue weighted by molar-refractivity contribution is -0.153. The molecule has 1 saturated heterocycles. The molecule has 0 aromatic rings. The molecule has 1 aliphatic heterocycles. The molecule has 1 aliphatic rings. The smallest absolute Gasteiger partial charge is 0.384 e. The highest BCUT2D eigenvalue weighted by Gasteiger charge is 2.30. The highest BCUT2D eigenvalue weighted by atomic mass is 32.7. The topological polar surface area (TPSA) is 96.3 Å². The van der Waals surface area contributed by atoms with Gasteiger partial charge in [0.1, 0.15) is 6.61 Å². The van der Waals surface area contributed by atoms with E-state index in [2.05, 4.69) is 46.4 Å². The van der Waals surface area contributed by atoms with Crippen LogP contribution in [0.25, 0.3) is 0 Å². The van der Waals surface area contributed by atoms with Crippen LogP contribution in [0.4, 0.5) is 0 Å². The number of carbonyl (C=O) groups is 1. The fourth-order valence-electron chi connectivity index (χ4n) is 1.85. The number of morpholine rings is 1. The molecule has 0 amide bonds. The van der Waals surface area contributed by atoms with Crippen molar-refractivity contribution in [2.75, 3.05) is 45.2 Å². The summed E-state index contributed by atoms with van der Waals surface area (Å²) in [5, 5.41) is 0. The van der Waals surface area contributed by atoms with Crippen molar-refractivity contribution >= 4 is 24.1 Å². The Bertz CT molecular complexity index is 450. The van der Waals surface area contributed by atoms with Gasteiger partial charge in [-0.15, -0.1) is 0 Å². The summed E-state index contributed by atoms with van der Waals surface area (Å²) < 4.78 is 21.0. The van der Waals surface area contributed by atoms with E-state index in [9.17, 15) is 9.36 Å². The predicted octanol–water partition coefficient (Wildman–Crippen LogP) is 4.43. The average Bonchev–Trinajstić information content (AvgIpc) is 2.56. The van der Waals surface area contributed by atoms with Crippen LogP contribution in [0.5, 0.6) is 0 Å². The van der Waals surface area contributed by atoms with E-state index >= 15 is 0 Å². The lowest BCUT2D eigenvalue weighted by Gasteiger charge is -2.30. The number of ether oxygens (including phenoxy) is 2. The van der Waals surface area contributed by atoms with Gasteiger partial charge < -0.3 is 19.3 Å². The molecule has 0 radical (unpaired) electrons. The van der Waals surface area contributed by atoms with E-state index in [-0.39, 0.29) is 18.3 Å². The number of nitrogens with zero attached hydrogens (tertiary/aromatic N) is 1. The SMILES string of the molecule is CC(C)(CCN1CCOCC1)C(=O)OCCSP(=O)(O)O.CC(C)C.CC(C)C. The summed E-state index contributed by atoms with van der Waals surface area (Å²) >= 11 is 0.490. The molecule has 176 valence electrons. The minimum atomic E-state index is -4.09. The Kier molecular flexibility index (Phi) is 17.8. The van der Waals surface area contributed by atoms with Crippen molar-refractivity contribution in [3.05, 3.63) is 0 Å². The van der Waals surface area contributed by atoms with Crippen molar-refractivity contribution in [2.24, 2.45) is 17.3 Å². The zero-order valence-corrected chi connectivity index (χ0v) is 21.4. The second-order valence-corrected chi connectivity index (χ2v) is 12.9. The summed E-state index contributed by atoms with van der Waals surface area (Å²) in [6.45, 7) is 16.6. The highest BCUT2D eigenvalue weighted by Crippen LogP contribution is 2.49. The monoisotopic (exact) mass is 457 g/mol. The van der Waals surface area contributed by atoms with Gasteiger partial charge in [0.15, 0.2) is 0 Å². The largest absolute Gasteiger partial charge is 0.464 e. The quantitative estimate of drug-likeness (QED) is 0.314. The van der Waals surface area contributed by atoms with Crippen molar-refractivity contribution in [3.8, 4) is 0 Å². The minimum Gasteiger partial charge on any atom is -0.464 e. The average molecular weight is 458 g/mol. The lowest BCUT2D eigenvalue weighted by Crippen LogP contribution is -2.39. The molecule has 7 nitrogen and oxygen atoms in total. The molecule has 1 heterocycles. The second-order valence-electron chi connectivity index (χ2n) is 9.01. The maximum absolute atomic E-state index is 12.0. The van der Waals surface area contributed by atoms with Gasteiger partial charge in [-0.25, -0.2) is 4.57 Å². The highest BCUT2D eigenvalue weighted by molar-refractivity contribution is 8.54.